The molecule has 0 aromatic heterocycles. The second-order valence-corrected chi connectivity index (χ2v) is 7.09. The summed E-state index contributed by atoms with van der Waals surface area (Å²) in [6.45, 7) is 7.44. The minimum atomic E-state index is -0.718. The Labute approximate surface area is 225 Å². The van der Waals surface area contributed by atoms with Gasteiger partial charge in [0.15, 0.2) is 0 Å². The number of aliphatic hydroxyl groups is 7. The molecule has 13 nitrogen and oxygen atoms in total. The van der Waals surface area contributed by atoms with Gasteiger partial charge in [0.05, 0.1) is 52.9 Å². The van der Waals surface area contributed by atoms with Crippen molar-refractivity contribution in [2.75, 3.05) is 122 Å². The molecule has 0 radical (unpaired) electrons. The van der Waals surface area contributed by atoms with E-state index in [1.807, 2.05) is 13.8 Å². The van der Waals surface area contributed by atoms with Crippen molar-refractivity contribution in [2.45, 2.75) is 32.8 Å². The Morgan fingerprint density at radius 1 is 0.703 bits per heavy atom. The van der Waals surface area contributed by atoms with E-state index in [-0.39, 0.29) is 46.2 Å². The second kappa shape index (κ2) is 52.0. The molecule has 234 valence electrons. The maximum Gasteiger partial charge on any atom is 0.100 e. The van der Waals surface area contributed by atoms with Crippen molar-refractivity contribution in [1.29, 1.82) is 0 Å². The molecule has 0 saturated carbocycles. The van der Waals surface area contributed by atoms with E-state index in [1.54, 1.807) is 35.5 Å². The molecule has 0 saturated heterocycles. The fourth-order valence-electron chi connectivity index (χ4n) is 1.43. The summed E-state index contributed by atoms with van der Waals surface area (Å²) >= 11 is 0. The second-order valence-electron chi connectivity index (χ2n) is 7.09. The minimum absolute atomic E-state index is 0.0200. The van der Waals surface area contributed by atoms with Gasteiger partial charge in [-0.05, 0) is 26.8 Å². The van der Waals surface area contributed by atoms with Crippen LogP contribution in [0.2, 0.25) is 0 Å². The van der Waals surface area contributed by atoms with Crippen LogP contribution in [0.1, 0.15) is 26.7 Å². The first-order valence-electron chi connectivity index (χ1n) is 12.1. The summed E-state index contributed by atoms with van der Waals surface area (Å²) in [5.74, 6) is 0. The fraction of sp³-hybridized carbons (Fsp3) is 1.00. The molecule has 0 aliphatic heterocycles. The van der Waals surface area contributed by atoms with Gasteiger partial charge in [-0.25, -0.2) is 0 Å². The molecule has 13 heteroatoms. The van der Waals surface area contributed by atoms with Gasteiger partial charge in [-0.2, -0.15) is 0 Å². The lowest BCUT2D eigenvalue weighted by Crippen LogP contribution is -2.33. The first-order valence-corrected chi connectivity index (χ1v) is 12.1. The number of aliphatic hydroxyl groups excluding tert-OH is 7. The Kier molecular flexibility index (Phi) is 69.5. The summed E-state index contributed by atoms with van der Waals surface area (Å²) < 4.78 is 22.9. The maximum atomic E-state index is 8.87. The standard InChI is InChI=1S/C7H16O3.C4H10O3.C4H10O2.C3H9NO.C3H8O2.C3H8O/c1-3-7(4-8,5-9)6-10-2;1-7-3-4(6)2-5;1-6-4-2-3-5;1-4-2-3-5;1-5-3-2-4;1-3-4-2/h8-9H,3-6H2,1-2H3;4-6H,2-3H2,1H3;5H,2-4H2,1H3;4-5H,2-3H2,1H3;4H,2-3H2,1H3;3H2,1-2H3. The van der Waals surface area contributed by atoms with Crippen LogP contribution in [0.15, 0.2) is 0 Å². The van der Waals surface area contributed by atoms with Gasteiger partial charge in [0.1, 0.15) is 6.10 Å². The van der Waals surface area contributed by atoms with E-state index in [0.717, 1.165) is 19.4 Å². The summed E-state index contributed by atoms with van der Waals surface area (Å²) in [6.07, 6.45) is 0.759. The summed E-state index contributed by atoms with van der Waals surface area (Å²) in [5, 5.41) is 61.2. The number of ether oxygens (including phenoxy) is 5. The molecule has 0 aliphatic carbocycles. The SMILES string of the molecule is CCC(CO)(CO)COC.CCOC.CNCCO.COCC(O)CO.COCCCO.COCCO. The molecule has 0 aromatic rings. The number of hydrogen-bond acceptors (Lipinski definition) is 13. The van der Waals surface area contributed by atoms with E-state index in [4.69, 9.17) is 40.5 Å². The molecule has 37 heavy (non-hydrogen) atoms. The van der Waals surface area contributed by atoms with Gasteiger partial charge in [0.2, 0.25) is 0 Å². The van der Waals surface area contributed by atoms with Gasteiger partial charge < -0.3 is 64.7 Å². The lowest BCUT2D eigenvalue weighted by Gasteiger charge is -2.26. The zero-order valence-corrected chi connectivity index (χ0v) is 24.6. The van der Waals surface area contributed by atoms with Crippen LogP contribution in [0, 0.1) is 5.41 Å². The molecule has 8 N–H and O–H groups in total. The highest BCUT2D eigenvalue weighted by Gasteiger charge is 2.26. The number of rotatable bonds is 16. The molecule has 0 aromatic carbocycles. The van der Waals surface area contributed by atoms with E-state index in [2.05, 4.69) is 24.3 Å². The van der Waals surface area contributed by atoms with Crippen molar-refractivity contribution in [2.24, 2.45) is 5.41 Å². The van der Waals surface area contributed by atoms with Gasteiger partial charge >= 0.3 is 0 Å². The van der Waals surface area contributed by atoms with Gasteiger partial charge in [-0.15, -0.1) is 0 Å². The molecule has 0 spiro atoms. The molecule has 1 unspecified atom stereocenters. The highest BCUT2D eigenvalue weighted by atomic mass is 16.5. The van der Waals surface area contributed by atoms with Gasteiger partial charge in [0, 0.05) is 67.3 Å². The summed E-state index contributed by atoms with van der Waals surface area (Å²) in [4.78, 5) is 0. The third-order valence-corrected chi connectivity index (χ3v) is 3.89. The van der Waals surface area contributed by atoms with Crippen LogP contribution < -0.4 is 5.32 Å². The Balaban J connectivity index is -0.0000000803. The molecular formula is C24H61NO12. The van der Waals surface area contributed by atoms with Crippen LogP contribution in [0.5, 0.6) is 0 Å². The third kappa shape index (κ3) is 61.3. The topological polar surface area (TPSA) is 200 Å². The summed E-state index contributed by atoms with van der Waals surface area (Å²) in [5.41, 5.74) is -0.436. The van der Waals surface area contributed by atoms with Crippen LogP contribution in [0.25, 0.3) is 0 Å². The smallest absolute Gasteiger partial charge is 0.100 e. The lowest BCUT2D eigenvalue weighted by atomic mass is 9.88. The van der Waals surface area contributed by atoms with E-state index >= 15 is 0 Å². The Morgan fingerprint density at radius 3 is 1.30 bits per heavy atom. The zero-order chi connectivity index (χ0) is 30.2. The molecule has 0 rings (SSSR count). The Morgan fingerprint density at radius 2 is 1.22 bits per heavy atom. The molecule has 0 bridgehead atoms. The van der Waals surface area contributed by atoms with Crippen LogP contribution in [0.4, 0.5) is 0 Å². The van der Waals surface area contributed by atoms with Crippen LogP contribution in [0.3, 0.4) is 0 Å². The average molecular weight is 556 g/mol. The molecule has 0 amide bonds. The highest BCUT2D eigenvalue weighted by Crippen LogP contribution is 2.19. The fourth-order valence-corrected chi connectivity index (χ4v) is 1.43. The Hall–Kier alpha value is -0.520. The van der Waals surface area contributed by atoms with Crippen molar-refractivity contribution in [3.05, 3.63) is 0 Å². The Bertz CT molecular complexity index is 291. The summed E-state index contributed by atoms with van der Waals surface area (Å²) in [6, 6.07) is 0. The lowest BCUT2D eigenvalue weighted by molar-refractivity contribution is -0.0139. The number of nitrogens with one attached hydrogen (secondary N) is 1. The quantitative estimate of drug-likeness (QED) is 0.102. The highest BCUT2D eigenvalue weighted by molar-refractivity contribution is 4.75. The van der Waals surface area contributed by atoms with Gasteiger partial charge in [-0.3, -0.25) is 0 Å². The van der Waals surface area contributed by atoms with E-state index in [9.17, 15) is 0 Å². The van der Waals surface area contributed by atoms with E-state index < -0.39 is 11.5 Å². The number of likely N-dealkylation sites (N-methyl/N-ethyl adjacent to an activating group) is 1. The molecular weight excluding hydrogens is 494 g/mol. The summed E-state index contributed by atoms with van der Waals surface area (Å²) in [7, 11) is 9.69. The van der Waals surface area contributed by atoms with Crippen LogP contribution >= 0.6 is 0 Å². The predicted molar refractivity (Wildman–Crippen MR) is 145 cm³/mol. The van der Waals surface area contributed by atoms with Crippen LogP contribution in [-0.2, 0) is 23.7 Å². The minimum Gasteiger partial charge on any atom is -0.396 e. The molecule has 1 atom stereocenters. The largest absolute Gasteiger partial charge is 0.396 e. The molecule has 0 fully saturated rings. The maximum absolute atomic E-state index is 8.87. The third-order valence-electron chi connectivity index (χ3n) is 3.89. The first kappa shape index (κ1) is 49.4. The molecule has 0 heterocycles. The number of hydrogen-bond donors (Lipinski definition) is 8. The molecule has 0 aliphatic rings. The first-order chi connectivity index (χ1) is 17.7. The van der Waals surface area contributed by atoms with Gasteiger partial charge in [0.25, 0.3) is 0 Å². The monoisotopic (exact) mass is 555 g/mol. The zero-order valence-electron chi connectivity index (χ0n) is 24.6. The number of methoxy groups -OCH3 is 5. The predicted octanol–water partition coefficient (Wildman–Crippen LogP) is -1.51. The van der Waals surface area contributed by atoms with Crippen molar-refractivity contribution in [3.8, 4) is 0 Å². The van der Waals surface area contributed by atoms with Crippen molar-refractivity contribution >= 4 is 0 Å². The van der Waals surface area contributed by atoms with Crippen molar-refractivity contribution in [3.63, 3.8) is 0 Å². The van der Waals surface area contributed by atoms with Crippen LogP contribution in [-0.4, -0.2) is 164 Å². The van der Waals surface area contributed by atoms with E-state index in [0.29, 0.717) is 26.4 Å². The normalized spacial score (nSPS) is 10.5. The van der Waals surface area contributed by atoms with Crippen molar-refractivity contribution < 1.29 is 59.4 Å². The van der Waals surface area contributed by atoms with E-state index in [1.165, 1.54) is 7.11 Å². The average Bonchev–Trinajstić information content (AvgIpc) is 2.93. The van der Waals surface area contributed by atoms with Crippen molar-refractivity contribution in [1.82, 2.24) is 5.32 Å². The van der Waals surface area contributed by atoms with Gasteiger partial charge in [-0.1, -0.05) is 6.92 Å².